The molecule has 3 aromatic rings. The van der Waals surface area contributed by atoms with Gasteiger partial charge in [0.05, 0.1) is 6.04 Å². The number of benzene rings is 3. The number of hydrogen-bond acceptors (Lipinski definition) is 1. The van der Waals surface area contributed by atoms with Crippen LogP contribution in [0.1, 0.15) is 18.5 Å². The average Bonchev–Trinajstić information content (AvgIpc) is 2.64. The van der Waals surface area contributed by atoms with Gasteiger partial charge in [-0.1, -0.05) is 66.7 Å². The van der Waals surface area contributed by atoms with Crippen LogP contribution in [0.4, 0.5) is 16.2 Å². The van der Waals surface area contributed by atoms with Crippen LogP contribution in [0.5, 0.6) is 0 Å². The van der Waals surface area contributed by atoms with Crippen molar-refractivity contribution in [3.63, 3.8) is 0 Å². The molecule has 3 heteroatoms. The fourth-order valence-corrected chi connectivity index (χ4v) is 2.69. The van der Waals surface area contributed by atoms with E-state index in [1.165, 1.54) is 0 Å². The van der Waals surface area contributed by atoms with Gasteiger partial charge >= 0.3 is 6.03 Å². The fraction of sp³-hybridized carbons (Fsp3) is 0.0952. The number of anilines is 2. The van der Waals surface area contributed by atoms with E-state index in [0.717, 1.165) is 16.9 Å². The zero-order chi connectivity index (χ0) is 16.8. The highest BCUT2D eigenvalue weighted by Crippen LogP contribution is 2.27. The molecule has 0 fully saturated rings. The molecule has 1 N–H and O–H groups in total. The van der Waals surface area contributed by atoms with Crippen LogP contribution in [-0.4, -0.2) is 6.03 Å². The van der Waals surface area contributed by atoms with Crippen LogP contribution in [0.25, 0.3) is 0 Å². The summed E-state index contributed by atoms with van der Waals surface area (Å²) in [6.07, 6.45) is 0. The summed E-state index contributed by atoms with van der Waals surface area (Å²) in [6.45, 7) is 2.03. The zero-order valence-electron chi connectivity index (χ0n) is 13.6. The predicted molar refractivity (Wildman–Crippen MR) is 99.2 cm³/mol. The van der Waals surface area contributed by atoms with Crippen molar-refractivity contribution in [2.75, 3.05) is 10.2 Å². The number of nitrogens with zero attached hydrogens (tertiary/aromatic N) is 1. The molecular formula is C21H20N2O. The number of urea groups is 1. The Bertz CT molecular complexity index is 773. The van der Waals surface area contributed by atoms with Crippen molar-refractivity contribution < 1.29 is 4.79 Å². The molecule has 24 heavy (non-hydrogen) atoms. The molecule has 3 nitrogen and oxygen atoms in total. The molecule has 0 saturated carbocycles. The molecule has 120 valence electrons. The number of amides is 2. The third-order valence-corrected chi connectivity index (χ3v) is 3.95. The van der Waals surface area contributed by atoms with E-state index in [9.17, 15) is 4.79 Å². The minimum absolute atomic E-state index is 0.0858. The van der Waals surface area contributed by atoms with E-state index in [0.29, 0.717) is 0 Å². The number of carbonyl (C=O) groups excluding carboxylic acids is 1. The maximum Gasteiger partial charge on any atom is 0.326 e. The SMILES string of the molecule is C[C@@H](c1ccccc1)N(C(=O)Nc1ccccc1)c1ccccc1. The monoisotopic (exact) mass is 316 g/mol. The van der Waals surface area contributed by atoms with Crippen molar-refractivity contribution in [2.45, 2.75) is 13.0 Å². The second kappa shape index (κ2) is 7.47. The first-order valence-corrected chi connectivity index (χ1v) is 8.01. The van der Waals surface area contributed by atoms with Crippen LogP contribution in [0, 0.1) is 0 Å². The van der Waals surface area contributed by atoms with E-state index in [1.807, 2.05) is 97.9 Å². The minimum atomic E-state index is -0.149. The van der Waals surface area contributed by atoms with E-state index in [2.05, 4.69) is 5.32 Å². The summed E-state index contributed by atoms with van der Waals surface area (Å²) < 4.78 is 0. The molecule has 0 saturated heterocycles. The Labute approximate surface area is 142 Å². The molecule has 0 aliphatic carbocycles. The minimum Gasteiger partial charge on any atom is -0.308 e. The largest absolute Gasteiger partial charge is 0.326 e. The van der Waals surface area contributed by atoms with Gasteiger partial charge < -0.3 is 5.32 Å². The molecular weight excluding hydrogens is 296 g/mol. The Morgan fingerprint density at radius 1 is 0.792 bits per heavy atom. The Kier molecular flexibility index (Phi) is 4.92. The van der Waals surface area contributed by atoms with Gasteiger partial charge in [0.25, 0.3) is 0 Å². The lowest BCUT2D eigenvalue weighted by Gasteiger charge is -2.30. The van der Waals surface area contributed by atoms with Crippen LogP contribution in [-0.2, 0) is 0 Å². The van der Waals surface area contributed by atoms with E-state index in [4.69, 9.17) is 0 Å². The number of carbonyl (C=O) groups is 1. The highest BCUT2D eigenvalue weighted by atomic mass is 16.2. The van der Waals surface area contributed by atoms with Crippen molar-refractivity contribution >= 4 is 17.4 Å². The van der Waals surface area contributed by atoms with Gasteiger partial charge in [-0.2, -0.15) is 0 Å². The highest BCUT2D eigenvalue weighted by molar-refractivity contribution is 6.02. The fourth-order valence-electron chi connectivity index (χ4n) is 2.69. The molecule has 1 atom stereocenters. The Morgan fingerprint density at radius 2 is 1.29 bits per heavy atom. The summed E-state index contributed by atoms with van der Waals surface area (Å²) in [5.74, 6) is 0. The van der Waals surface area contributed by atoms with Gasteiger partial charge in [0.1, 0.15) is 0 Å². The molecule has 0 aromatic heterocycles. The molecule has 0 spiro atoms. The van der Waals surface area contributed by atoms with Gasteiger partial charge in [-0.25, -0.2) is 4.79 Å². The van der Waals surface area contributed by atoms with Gasteiger partial charge in [0.2, 0.25) is 0 Å². The highest BCUT2D eigenvalue weighted by Gasteiger charge is 2.23. The second-order valence-corrected chi connectivity index (χ2v) is 5.59. The molecule has 2 amide bonds. The van der Waals surface area contributed by atoms with Gasteiger partial charge in [-0.3, -0.25) is 4.90 Å². The number of para-hydroxylation sites is 2. The summed E-state index contributed by atoms with van der Waals surface area (Å²) in [7, 11) is 0. The summed E-state index contributed by atoms with van der Waals surface area (Å²) in [5.41, 5.74) is 2.73. The third-order valence-electron chi connectivity index (χ3n) is 3.95. The van der Waals surface area contributed by atoms with E-state index in [1.54, 1.807) is 4.90 Å². The first-order chi connectivity index (χ1) is 11.8. The third kappa shape index (κ3) is 3.63. The van der Waals surface area contributed by atoms with Crippen molar-refractivity contribution in [3.8, 4) is 0 Å². The van der Waals surface area contributed by atoms with E-state index < -0.39 is 0 Å². The van der Waals surface area contributed by atoms with E-state index >= 15 is 0 Å². The summed E-state index contributed by atoms with van der Waals surface area (Å²) in [5, 5.41) is 2.98. The molecule has 0 radical (unpaired) electrons. The van der Waals surface area contributed by atoms with Crippen LogP contribution in [0.15, 0.2) is 91.0 Å². The quantitative estimate of drug-likeness (QED) is 0.678. The van der Waals surface area contributed by atoms with Crippen LogP contribution in [0.2, 0.25) is 0 Å². The lowest BCUT2D eigenvalue weighted by Crippen LogP contribution is -2.37. The van der Waals surface area contributed by atoms with Crippen LogP contribution in [0.3, 0.4) is 0 Å². The van der Waals surface area contributed by atoms with Gasteiger partial charge in [0.15, 0.2) is 0 Å². The smallest absolute Gasteiger partial charge is 0.308 e. The number of rotatable bonds is 4. The first kappa shape index (κ1) is 15.8. The Hall–Kier alpha value is -3.07. The number of hydrogen-bond donors (Lipinski definition) is 1. The van der Waals surface area contributed by atoms with Crippen molar-refractivity contribution in [1.29, 1.82) is 0 Å². The van der Waals surface area contributed by atoms with Crippen molar-refractivity contribution in [1.82, 2.24) is 0 Å². The van der Waals surface area contributed by atoms with Gasteiger partial charge in [-0.05, 0) is 36.8 Å². The lowest BCUT2D eigenvalue weighted by molar-refractivity contribution is 0.255. The molecule has 3 rings (SSSR count). The predicted octanol–water partition coefficient (Wildman–Crippen LogP) is 5.49. The zero-order valence-corrected chi connectivity index (χ0v) is 13.6. The Balaban J connectivity index is 1.92. The first-order valence-electron chi connectivity index (χ1n) is 8.01. The molecule has 0 aliphatic heterocycles. The molecule has 0 heterocycles. The molecule has 3 aromatic carbocycles. The molecule has 0 bridgehead atoms. The van der Waals surface area contributed by atoms with Gasteiger partial charge in [-0.15, -0.1) is 0 Å². The topological polar surface area (TPSA) is 32.3 Å². The maximum atomic E-state index is 12.9. The normalized spacial score (nSPS) is 11.5. The van der Waals surface area contributed by atoms with Gasteiger partial charge in [0, 0.05) is 11.4 Å². The standard InChI is InChI=1S/C21H20N2O/c1-17(18-11-5-2-6-12-18)23(20-15-9-4-10-16-20)21(24)22-19-13-7-3-8-14-19/h2-17H,1H3,(H,22,24)/t17-/m0/s1. The van der Waals surface area contributed by atoms with E-state index in [-0.39, 0.29) is 12.1 Å². The van der Waals surface area contributed by atoms with Crippen LogP contribution >= 0.6 is 0 Å². The lowest BCUT2D eigenvalue weighted by atomic mass is 10.1. The average molecular weight is 316 g/mol. The van der Waals surface area contributed by atoms with Crippen molar-refractivity contribution in [2.24, 2.45) is 0 Å². The summed E-state index contributed by atoms with van der Waals surface area (Å²) >= 11 is 0. The second-order valence-electron chi connectivity index (χ2n) is 5.59. The summed E-state index contributed by atoms with van der Waals surface area (Å²) in [6, 6.07) is 29.0. The Morgan fingerprint density at radius 3 is 1.88 bits per heavy atom. The summed E-state index contributed by atoms with van der Waals surface area (Å²) in [4.78, 5) is 14.7. The maximum absolute atomic E-state index is 12.9. The van der Waals surface area contributed by atoms with Crippen molar-refractivity contribution in [3.05, 3.63) is 96.6 Å². The molecule has 0 unspecified atom stereocenters. The van der Waals surface area contributed by atoms with Crippen LogP contribution < -0.4 is 10.2 Å². The number of nitrogens with one attached hydrogen (secondary N) is 1. The molecule has 0 aliphatic rings.